The van der Waals surface area contributed by atoms with Crippen molar-refractivity contribution in [2.45, 2.75) is 38.0 Å². The zero-order valence-electron chi connectivity index (χ0n) is 9.45. The molecule has 1 saturated carbocycles. The molecular formula is C12H17BrN2O. The van der Waals surface area contributed by atoms with Crippen molar-refractivity contribution in [1.29, 1.82) is 0 Å². The predicted octanol–water partition coefficient (Wildman–Crippen LogP) is 2.50. The Kier molecular flexibility index (Phi) is 4.32. The number of aromatic nitrogens is 1. The van der Waals surface area contributed by atoms with Gasteiger partial charge in [-0.1, -0.05) is 0 Å². The summed E-state index contributed by atoms with van der Waals surface area (Å²) in [7, 11) is 1.79. The highest BCUT2D eigenvalue weighted by Gasteiger charge is 2.23. The number of nitrogens with zero attached hydrogens (tertiary/aromatic N) is 1. The van der Waals surface area contributed by atoms with Crippen molar-refractivity contribution in [1.82, 2.24) is 10.3 Å². The van der Waals surface area contributed by atoms with E-state index >= 15 is 0 Å². The Morgan fingerprint density at radius 1 is 1.50 bits per heavy atom. The summed E-state index contributed by atoms with van der Waals surface area (Å²) in [6.45, 7) is 0.842. The molecule has 1 aliphatic carbocycles. The maximum absolute atomic E-state index is 5.35. The number of hydrogen-bond acceptors (Lipinski definition) is 3. The summed E-state index contributed by atoms with van der Waals surface area (Å²) >= 11 is 3.38. The quantitative estimate of drug-likeness (QED) is 0.923. The van der Waals surface area contributed by atoms with E-state index < -0.39 is 0 Å². The zero-order valence-corrected chi connectivity index (χ0v) is 11.0. The molecule has 1 N–H and O–H groups in total. The number of methoxy groups -OCH3 is 1. The van der Waals surface area contributed by atoms with Gasteiger partial charge in [0.1, 0.15) is 0 Å². The van der Waals surface area contributed by atoms with Crippen LogP contribution in [0.2, 0.25) is 0 Å². The van der Waals surface area contributed by atoms with E-state index in [1.807, 2.05) is 18.3 Å². The lowest BCUT2D eigenvalue weighted by Crippen LogP contribution is -2.27. The van der Waals surface area contributed by atoms with Gasteiger partial charge < -0.3 is 10.1 Å². The molecule has 1 fully saturated rings. The second kappa shape index (κ2) is 5.75. The van der Waals surface area contributed by atoms with Gasteiger partial charge in [0.05, 0.1) is 11.8 Å². The van der Waals surface area contributed by atoms with Crippen LogP contribution in [0.4, 0.5) is 0 Å². The highest BCUT2D eigenvalue weighted by Crippen LogP contribution is 2.21. The fourth-order valence-corrected chi connectivity index (χ4v) is 2.33. The molecule has 16 heavy (non-hydrogen) atoms. The van der Waals surface area contributed by atoms with Crippen LogP contribution >= 0.6 is 15.9 Å². The van der Waals surface area contributed by atoms with Gasteiger partial charge in [0.25, 0.3) is 0 Å². The molecule has 88 valence electrons. The van der Waals surface area contributed by atoms with Gasteiger partial charge in [0.15, 0.2) is 0 Å². The summed E-state index contributed by atoms with van der Waals surface area (Å²) in [4.78, 5) is 4.34. The molecule has 0 radical (unpaired) electrons. The second-order valence-electron chi connectivity index (χ2n) is 4.22. The van der Waals surface area contributed by atoms with Crippen molar-refractivity contribution < 1.29 is 4.74 Å². The average Bonchev–Trinajstić information content (AvgIpc) is 2.76. The van der Waals surface area contributed by atoms with Crippen LogP contribution in [0.1, 0.15) is 25.0 Å². The van der Waals surface area contributed by atoms with Crippen molar-refractivity contribution >= 4 is 15.9 Å². The van der Waals surface area contributed by atoms with Crippen molar-refractivity contribution in [3.8, 4) is 0 Å². The van der Waals surface area contributed by atoms with Crippen molar-refractivity contribution in [3.05, 3.63) is 28.5 Å². The number of ether oxygens (including phenoxy) is 1. The van der Waals surface area contributed by atoms with Crippen LogP contribution in [0.15, 0.2) is 22.8 Å². The third kappa shape index (κ3) is 3.27. The van der Waals surface area contributed by atoms with Gasteiger partial charge in [-0.2, -0.15) is 0 Å². The van der Waals surface area contributed by atoms with Crippen LogP contribution < -0.4 is 5.32 Å². The molecule has 1 aliphatic rings. The van der Waals surface area contributed by atoms with E-state index in [1.54, 1.807) is 7.11 Å². The van der Waals surface area contributed by atoms with Gasteiger partial charge in [0, 0.05) is 30.4 Å². The lowest BCUT2D eigenvalue weighted by atomic mass is 10.2. The molecule has 0 spiro atoms. The van der Waals surface area contributed by atoms with Gasteiger partial charge in [0.2, 0.25) is 0 Å². The largest absolute Gasteiger partial charge is 0.381 e. The third-order valence-corrected chi connectivity index (χ3v) is 3.55. The Hall–Kier alpha value is -0.450. The van der Waals surface area contributed by atoms with Crippen LogP contribution in [0.3, 0.4) is 0 Å². The Morgan fingerprint density at radius 2 is 2.38 bits per heavy atom. The normalized spacial score (nSPS) is 24.9. The molecule has 1 heterocycles. The van der Waals surface area contributed by atoms with Crippen molar-refractivity contribution in [2.75, 3.05) is 7.11 Å². The van der Waals surface area contributed by atoms with Gasteiger partial charge >= 0.3 is 0 Å². The fraction of sp³-hybridized carbons (Fsp3) is 0.583. The first kappa shape index (κ1) is 12.0. The Bertz CT molecular complexity index is 328. The fourth-order valence-electron chi connectivity index (χ4n) is 2.10. The van der Waals surface area contributed by atoms with Gasteiger partial charge in [-0.15, -0.1) is 0 Å². The molecule has 2 rings (SSSR count). The standard InChI is InChI=1S/C12H17BrN2O/c1-16-12-5-4-10(6-12)15-8-11-3-2-9(13)7-14-11/h2-3,7,10,12,15H,4-6,8H2,1H3. The monoisotopic (exact) mass is 284 g/mol. The molecule has 0 aliphatic heterocycles. The molecule has 0 bridgehead atoms. The topological polar surface area (TPSA) is 34.1 Å². The lowest BCUT2D eigenvalue weighted by molar-refractivity contribution is 0.107. The summed E-state index contributed by atoms with van der Waals surface area (Å²) in [6.07, 6.45) is 5.77. The predicted molar refractivity (Wildman–Crippen MR) is 67.2 cm³/mol. The number of halogens is 1. The molecule has 0 aromatic carbocycles. The second-order valence-corrected chi connectivity index (χ2v) is 5.13. The Balaban J connectivity index is 1.77. The molecule has 0 amide bonds. The first-order valence-electron chi connectivity index (χ1n) is 5.64. The average molecular weight is 285 g/mol. The van der Waals surface area contributed by atoms with E-state index in [2.05, 4.69) is 26.2 Å². The van der Waals surface area contributed by atoms with E-state index in [4.69, 9.17) is 4.74 Å². The van der Waals surface area contributed by atoms with Gasteiger partial charge in [-0.3, -0.25) is 4.98 Å². The summed E-state index contributed by atoms with van der Waals surface area (Å²) in [5, 5.41) is 3.52. The van der Waals surface area contributed by atoms with E-state index in [0.29, 0.717) is 12.1 Å². The summed E-state index contributed by atoms with van der Waals surface area (Å²) in [5.41, 5.74) is 1.09. The number of nitrogens with one attached hydrogen (secondary N) is 1. The summed E-state index contributed by atoms with van der Waals surface area (Å²) < 4.78 is 6.37. The Labute approximate surface area is 105 Å². The minimum atomic E-state index is 0.440. The minimum Gasteiger partial charge on any atom is -0.381 e. The first-order chi connectivity index (χ1) is 7.78. The summed E-state index contributed by atoms with van der Waals surface area (Å²) in [5.74, 6) is 0. The minimum absolute atomic E-state index is 0.440. The van der Waals surface area contributed by atoms with E-state index in [0.717, 1.165) is 23.1 Å². The molecule has 1 aromatic heterocycles. The number of hydrogen-bond donors (Lipinski definition) is 1. The number of pyridine rings is 1. The van der Waals surface area contributed by atoms with Gasteiger partial charge in [-0.05, 0) is 47.3 Å². The smallest absolute Gasteiger partial charge is 0.0586 e. The Morgan fingerprint density at radius 3 is 3.00 bits per heavy atom. The molecule has 4 heteroatoms. The molecule has 2 atom stereocenters. The van der Waals surface area contributed by atoms with Crippen LogP contribution in [-0.4, -0.2) is 24.2 Å². The van der Waals surface area contributed by atoms with Crippen LogP contribution in [-0.2, 0) is 11.3 Å². The first-order valence-corrected chi connectivity index (χ1v) is 6.44. The number of rotatable bonds is 4. The molecule has 2 unspecified atom stereocenters. The maximum atomic E-state index is 5.35. The van der Waals surface area contributed by atoms with Gasteiger partial charge in [-0.25, -0.2) is 0 Å². The lowest BCUT2D eigenvalue weighted by Gasteiger charge is -2.12. The highest BCUT2D eigenvalue weighted by molar-refractivity contribution is 9.10. The van der Waals surface area contributed by atoms with Crippen LogP contribution in [0.5, 0.6) is 0 Å². The SMILES string of the molecule is COC1CCC(NCc2ccc(Br)cn2)C1. The molecule has 1 aromatic rings. The maximum Gasteiger partial charge on any atom is 0.0586 e. The highest BCUT2D eigenvalue weighted by atomic mass is 79.9. The molecular weight excluding hydrogens is 268 g/mol. The van der Waals surface area contributed by atoms with Crippen LogP contribution in [0, 0.1) is 0 Å². The van der Waals surface area contributed by atoms with Crippen molar-refractivity contribution in [2.24, 2.45) is 0 Å². The van der Waals surface area contributed by atoms with E-state index in [-0.39, 0.29) is 0 Å². The van der Waals surface area contributed by atoms with E-state index in [1.165, 1.54) is 12.8 Å². The van der Waals surface area contributed by atoms with Crippen molar-refractivity contribution in [3.63, 3.8) is 0 Å². The molecule has 0 saturated heterocycles. The zero-order chi connectivity index (χ0) is 11.4. The van der Waals surface area contributed by atoms with E-state index in [9.17, 15) is 0 Å². The molecule has 3 nitrogen and oxygen atoms in total. The van der Waals surface area contributed by atoms with Crippen LogP contribution in [0.25, 0.3) is 0 Å². The summed E-state index contributed by atoms with van der Waals surface area (Å²) in [6, 6.07) is 4.65. The third-order valence-electron chi connectivity index (χ3n) is 3.08.